The van der Waals surface area contributed by atoms with Crippen molar-refractivity contribution in [3.05, 3.63) is 48.4 Å². The number of benzene rings is 1. The van der Waals surface area contributed by atoms with Gasteiger partial charge in [0.2, 0.25) is 0 Å². The highest BCUT2D eigenvalue weighted by Gasteiger charge is 2.13. The van der Waals surface area contributed by atoms with Crippen molar-refractivity contribution < 1.29 is 4.39 Å². The second-order valence-electron chi connectivity index (χ2n) is 3.91. The van der Waals surface area contributed by atoms with Gasteiger partial charge in [0.15, 0.2) is 11.6 Å². The first-order valence-corrected chi connectivity index (χ1v) is 5.73. The molecule has 3 aromatic rings. The maximum absolute atomic E-state index is 14.2. The van der Waals surface area contributed by atoms with E-state index in [2.05, 4.69) is 15.0 Å². The van der Waals surface area contributed by atoms with E-state index in [1.54, 1.807) is 10.9 Å². The van der Waals surface area contributed by atoms with Crippen molar-refractivity contribution in [2.45, 2.75) is 13.3 Å². The molecule has 0 spiro atoms. The number of nitrogens with zero attached hydrogens (tertiary/aromatic N) is 4. The van der Waals surface area contributed by atoms with Crippen molar-refractivity contribution in [3.63, 3.8) is 0 Å². The molecule has 0 aliphatic rings. The lowest BCUT2D eigenvalue weighted by molar-refractivity contribution is 0.583. The number of aryl methyl sites for hydroxylation is 1. The minimum Gasteiger partial charge on any atom is -0.280 e. The molecule has 0 amide bonds. The second-order valence-corrected chi connectivity index (χ2v) is 3.91. The summed E-state index contributed by atoms with van der Waals surface area (Å²) in [6.45, 7) is 1.86. The van der Waals surface area contributed by atoms with Crippen LogP contribution in [0.1, 0.15) is 12.6 Å². The normalized spacial score (nSPS) is 11.0. The van der Waals surface area contributed by atoms with Gasteiger partial charge in [0.1, 0.15) is 12.7 Å². The lowest BCUT2D eigenvalue weighted by Gasteiger charge is -2.06. The third-order valence-corrected chi connectivity index (χ3v) is 2.86. The molecule has 18 heavy (non-hydrogen) atoms. The summed E-state index contributed by atoms with van der Waals surface area (Å²) in [5.74, 6) is -0.140. The molecular weight excluding hydrogens is 231 g/mol. The largest absolute Gasteiger partial charge is 0.280 e. The highest BCUT2D eigenvalue weighted by Crippen LogP contribution is 2.19. The van der Waals surface area contributed by atoms with E-state index < -0.39 is 0 Å². The summed E-state index contributed by atoms with van der Waals surface area (Å²) < 4.78 is 15.8. The van der Waals surface area contributed by atoms with Crippen molar-refractivity contribution in [1.29, 1.82) is 0 Å². The van der Waals surface area contributed by atoms with Gasteiger partial charge in [0.05, 0.1) is 16.7 Å². The van der Waals surface area contributed by atoms with Crippen molar-refractivity contribution >= 4 is 11.0 Å². The van der Waals surface area contributed by atoms with Crippen LogP contribution in [0.4, 0.5) is 4.39 Å². The number of rotatable bonds is 2. The molecule has 0 saturated heterocycles. The number of halogens is 1. The summed E-state index contributed by atoms with van der Waals surface area (Å²) in [7, 11) is 0. The quantitative estimate of drug-likeness (QED) is 0.693. The van der Waals surface area contributed by atoms with Gasteiger partial charge in [-0.15, -0.1) is 0 Å². The van der Waals surface area contributed by atoms with E-state index in [0.29, 0.717) is 12.1 Å². The third-order valence-electron chi connectivity index (χ3n) is 2.86. The first kappa shape index (κ1) is 10.8. The molecule has 5 heteroatoms. The average Bonchev–Trinajstić information content (AvgIpc) is 2.83. The number of hydrogen-bond acceptors (Lipinski definition) is 3. The maximum Gasteiger partial charge on any atom is 0.187 e. The van der Waals surface area contributed by atoms with Crippen LogP contribution < -0.4 is 0 Å². The van der Waals surface area contributed by atoms with Crippen LogP contribution in [0.2, 0.25) is 0 Å². The fourth-order valence-corrected chi connectivity index (χ4v) is 1.94. The van der Waals surface area contributed by atoms with Crippen LogP contribution in [0.3, 0.4) is 0 Å². The molecule has 0 saturated carbocycles. The minimum absolute atomic E-state index is 0.246. The zero-order chi connectivity index (χ0) is 12.5. The van der Waals surface area contributed by atoms with E-state index in [-0.39, 0.29) is 11.6 Å². The summed E-state index contributed by atoms with van der Waals surface area (Å²) in [4.78, 5) is 12.2. The number of aromatic nitrogens is 4. The molecule has 0 N–H and O–H groups in total. The molecule has 0 unspecified atom stereocenters. The Labute approximate surface area is 103 Å². The first-order valence-electron chi connectivity index (χ1n) is 5.73. The van der Waals surface area contributed by atoms with E-state index in [0.717, 1.165) is 11.0 Å². The van der Waals surface area contributed by atoms with Gasteiger partial charge in [-0.05, 0) is 18.6 Å². The van der Waals surface area contributed by atoms with Crippen LogP contribution in [0.5, 0.6) is 0 Å². The zero-order valence-corrected chi connectivity index (χ0v) is 9.84. The molecule has 3 rings (SSSR count). The van der Waals surface area contributed by atoms with Gasteiger partial charge in [0.25, 0.3) is 0 Å². The predicted molar refractivity (Wildman–Crippen MR) is 66.0 cm³/mol. The van der Waals surface area contributed by atoms with Crippen LogP contribution in [-0.2, 0) is 6.42 Å². The number of fused-ring (bicyclic) bond motifs is 1. The van der Waals surface area contributed by atoms with Crippen LogP contribution in [0, 0.1) is 5.82 Å². The van der Waals surface area contributed by atoms with E-state index in [4.69, 9.17) is 0 Å². The fourth-order valence-electron chi connectivity index (χ4n) is 1.94. The number of para-hydroxylation sites is 2. The summed E-state index contributed by atoms with van der Waals surface area (Å²) in [5, 5.41) is 0. The molecule has 2 aromatic heterocycles. The van der Waals surface area contributed by atoms with Gasteiger partial charge in [-0.3, -0.25) is 4.57 Å². The predicted octanol–water partition coefficient (Wildman–Crippen LogP) is 2.52. The van der Waals surface area contributed by atoms with Crippen LogP contribution in [0.15, 0.2) is 36.9 Å². The van der Waals surface area contributed by atoms with E-state index in [1.807, 2.05) is 31.2 Å². The van der Waals surface area contributed by atoms with Gasteiger partial charge >= 0.3 is 0 Å². The topological polar surface area (TPSA) is 43.6 Å². The number of hydrogen-bond donors (Lipinski definition) is 0. The van der Waals surface area contributed by atoms with Gasteiger partial charge in [-0.2, -0.15) is 0 Å². The molecule has 0 bridgehead atoms. The Morgan fingerprint density at radius 1 is 1.17 bits per heavy atom. The monoisotopic (exact) mass is 242 g/mol. The Morgan fingerprint density at radius 3 is 2.83 bits per heavy atom. The van der Waals surface area contributed by atoms with Crippen LogP contribution >= 0.6 is 0 Å². The lowest BCUT2D eigenvalue weighted by atomic mass is 10.3. The van der Waals surface area contributed by atoms with E-state index >= 15 is 0 Å². The standard InChI is InChI=1S/C13H11FN4/c1-2-9-12(14)13(16-7-15-9)18-8-17-10-5-3-4-6-11(10)18/h3-8H,2H2,1H3. The first-order chi connectivity index (χ1) is 8.81. The number of imidazole rings is 1. The molecule has 0 aliphatic heterocycles. The molecule has 1 aromatic carbocycles. The Hall–Kier alpha value is -2.30. The Kier molecular flexibility index (Phi) is 2.51. The molecule has 4 nitrogen and oxygen atoms in total. The van der Waals surface area contributed by atoms with Crippen molar-refractivity contribution in [2.75, 3.05) is 0 Å². The van der Waals surface area contributed by atoms with Gasteiger partial charge in [0, 0.05) is 0 Å². The Bertz CT molecular complexity index is 705. The van der Waals surface area contributed by atoms with Gasteiger partial charge in [-0.25, -0.2) is 19.3 Å². The van der Waals surface area contributed by atoms with Crippen LogP contribution in [-0.4, -0.2) is 19.5 Å². The van der Waals surface area contributed by atoms with Crippen LogP contribution in [0.25, 0.3) is 16.9 Å². The van der Waals surface area contributed by atoms with E-state index in [1.165, 1.54) is 6.33 Å². The average molecular weight is 242 g/mol. The Morgan fingerprint density at radius 2 is 2.00 bits per heavy atom. The highest BCUT2D eigenvalue weighted by atomic mass is 19.1. The molecule has 0 radical (unpaired) electrons. The summed E-state index contributed by atoms with van der Waals surface area (Å²) in [5.41, 5.74) is 2.06. The Balaban J connectivity index is 2.26. The summed E-state index contributed by atoms with van der Waals surface area (Å²) >= 11 is 0. The summed E-state index contributed by atoms with van der Waals surface area (Å²) in [6.07, 6.45) is 3.50. The smallest absolute Gasteiger partial charge is 0.187 e. The summed E-state index contributed by atoms with van der Waals surface area (Å²) in [6, 6.07) is 7.55. The third kappa shape index (κ3) is 1.55. The molecule has 0 atom stereocenters. The lowest BCUT2D eigenvalue weighted by Crippen LogP contribution is -2.04. The van der Waals surface area contributed by atoms with Gasteiger partial charge in [-0.1, -0.05) is 19.1 Å². The molecule has 0 aliphatic carbocycles. The molecular formula is C13H11FN4. The maximum atomic E-state index is 14.2. The van der Waals surface area contributed by atoms with Gasteiger partial charge < -0.3 is 0 Å². The minimum atomic E-state index is -0.386. The molecule has 2 heterocycles. The SMILES string of the molecule is CCc1ncnc(-n2cnc3ccccc32)c1F. The van der Waals surface area contributed by atoms with Crippen molar-refractivity contribution in [1.82, 2.24) is 19.5 Å². The molecule has 90 valence electrons. The molecule has 0 fully saturated rings. The van der Waals surface area contributed by atoms with E-state index in [9.17, 15) is 4.39 Å². The van der Waals surface area contributed by atoms with Crippen molar-refractivity contribution in [3.8, 4) is 5.82 Å². The zero-order valence-electron chi connectivity index (χ0n) is 9.84. The fraction of sp³-hybridized carbons (Fsp3) is 0.154. The van der Waals surface area contributed by atoms with Crippen molar-refractivity contribution in [2.24, 2.45) is 0 Å². The highest BCUT2D eigenvalue weighted by molar-refractivity contribution is 5.76. The second kappa shape index (κ2) is 4.18.